The van der Waals surface area contributed by atoms with Gasteiger partial charge >= 0.3 is 0 Å². The van der Waals surface area contributed by atoms with Crippen molar-refractivity contribution in [3.63, 3.8) is 0 Å². The predicted molar refractivity (Wildman–Crippen MR) is 92.3 cm³/mol. The van der Waals surface area contributed by atoms with Crippen LogP contribution in [-0.4, -0.2) is 20.9 Å². The van der Waals surface area contributed by atoms with Gasteiger partial charge in [-0.15, -0.1) is 5.10 Å². The number of nitrogens with one attached hydrogen (secondary N) is 1. The van der Waals surface area contributed by atoms with Gasteiger partial charge in [-0.2, -0.15) is 10.2 Å². The molecular formula is C18H17N5. The van der Waals surface area contributed by atoms with Crippen LogP contribution in [0.1, 0.15) is 18.2 Å². The van der Waals surface area contributed by atoms with Crippen LogP contribution >= 0.6 is 0 Å². The third-order valence-electron chi connectivity index (χ3n) is 3.45. The van der Waals surface area contributed by atoms with Crippen molar-refractivity contribution in [2.75, 3.05) is 5.43 Å². The number of benzene rings is 2. The van der Waals surface area contributed by atoms with E-state index in [4.69, 9.17) is 0 Å². The number of hydrazone groups is 1. The fourth-order valence-corrected chi connectivity index (χ4v) is 2.09. The second-order valence-electron chi connectivity index (χ2n) is 5.16. The van der Waals surface area contributed by atoms with Gasteiger partial charge in [0.2, 0.25) is 0 Å². The van der Waals surface area contributed by atoms with Crippen LogP contribution in [0.3, 0.4) is 0 Å². The van der Waals surface area contributed by atoms with Crippen LogP contribution < -0.4 is 5.43 Å². The molecular weight excluding hydrogens is 286 g/mol. The molecule has 5 heteroatoms. The summed E-state index contributed by atoms with van der Waals surface area (Å²) in [6.07, 6.45) is 1.62. The topological polar surface area (TPSA) is 63.1 Å². The molecule has 5 nitrogen and oxygen atoms in total. The predicted octanol–water partition coefficient (Wildman–Crippen LogP) is 3.68. The van der Waals surface area contributed by atoms with E-state index in [1.807, 2.05) is 68.4 Å². The van der Waals surface area contributed by atoms with Gasteiger partial charge in [0.1, 0.15) is 5.69 Å². The SMILES string of the molecule is C/C(=N\Nc1ccccc1C)c1cnnc(-c2ccccc2)n1. The lowest BCUT2D eigenvalue weighted by Crippen LogP contribution is -2.06. The molecule has 3 rings (SSSR count). The first-order valence-corrected chi connectivity index (χ1v) is 7.35. The summed E-state index contributed by atoms with van der Waals surface area (Å²) in [5, 5.41) is 12.5. The summed E-state index contributed by atoms with van der Waals surface area (Å²) in [5.74, 6) is 0.591. The minimum absolute atomic E-state index is 0.591. The average molecular weight is 303 g/mol. The Morgan fingerprint density at radius 2 is 1.74 bits per heavy atom. The average Bonchev–Trinajstić information content (AvgIpc) is 2.62. The van der Waals surface area contributed by atoms with Crippen LogP contribution in [0.5, 0.6) is 0 Å². The molecule has 0 unspecified atom stereocenters. The van der Waals surface area contributed by atoms with E-state index in [0.717, 1.165) is 22.5 Å². The summed E-state index contributed by atoms with van der Waals surface area (Å²) in [5.41, 5.74) is 7.55. The molecule has 2 aromatic carbocycles. The van der Waals surface area contributed by atoms with Gasteiger partial charge in [0.05, 0.1) is 17.6 Å². The number of rotatable bonds is 4. The van der Waals surface area contributed by atoms with E-state index in [2.05, 4.69) is 25.7 Å². The first-order valence-electron chi connectivity index (χ1n) is 7.35. The van der Waals surface area contributed by atoms with E-state index in [-0.39, 0.29) is 0 Å². The second kappa shape index (κ2) is 6.79. The molecule has 3 aromatic rings. The zero-order valence-corrected chi connectivity index (χ0v) is 13.1. The Hall–Kier alpha value is -3.08. The van der Waals surface area contributed by atoms with Gasteiger partial charge in [-0.1, -0.05) is 48.5 Å². The number of para-hydroxylation sites is 1. The summed E-state index contributed by atoms with van der Waals surface area (Å²) in [6, 6.07) is 17.8. The van der Waals surface area contributed by atoms with Crippen molar-refractivity contribution in [3.8, 4) is 11.4 Å². The van der Waals surface area contributed by atoms with E-state index in [1.54, 1.807) is 6.20 Å². The maximum atomic E-state index is 4.53. The van der Waals surface area contributed by atoms with Gasteiger partial charge in [0.15, 0.2) is 5.82 Å². The number of hydrogen-bond acceptors (Lipinski definition) is 5. The Labute approximate surface area is 135 Å². The van der Waals surface area contributed by atoms with E-state index in [1.165, 1.54) is 0 Å². The van der Waals surface area contributed by atoms with Crippen molar-refractivity contribution < 1.29 is 0 Å². The summed E-state index contributed by atoms with van der Waals surface area (Å²) < 4.78 is 0. The summed E-state index contributed by atoms with van der Waals surface area (Å²) >= 11 is 0. The number of aromatic nitrogens is 3. The van der Waals surface area contributed by atoms with Crippen LogP contribution in [0.15, 0.2) is 65.9 Å². The Bertz CT molecular complexity index is 828. The molecule has 0 spiro atoms. The highest BCUT2D eigenvalue weighted by atomic mass is 15.3. The summed E-state index contributed by atoms with van der Waals surface area (Å²) in [4.78, 5) is 4.53. The van der Waals surface area contributed by atoms with Crippen molar-refractivity contribution >= 4 is 11.4 Å². The van der Waals surface area contributed by atoms with E-state index < -0.39 is 0 Å². The van der Waals surface area contributed by atoms with E-state index in [9.17, 15) is 0 Å². The smallest absolute Gasteiger partial charge is 0.182 e. The number of aryl methyl sites for hydroxylation is 1. The minimum Gasteiger partial charge on any atom is -0.278 e. The molecule has 0 radical (unpaired) electrons. The molecule has 0 saturated heterocycles. The van der Waals surface area contributed by atoms with Crippen molar-refractivity contribution in [2.45, 2.75) is 13.8 Å². The molecule has 0 aliphatic heterocycles. The number of hydrogen-bond donors (Lipinski definition) is 1. The number of nitrogens with zero attached hydrogens (tertiary/aromatic N) is 4. The quantitative estimate of drug-likeness (QED) is 0.590. The maximum Gasteiger partial charge on any atom is 0.182 e. The zero-order valence-electron chi connectivity index (χ0n) is 13.1. The van der Waals surface area contributed by atoms with Crippen LogP contribution in [0.2, 0.25) is 0 Å². The van der Waals surface area contributed by atoms with Crippen LogP contribution in [0, 0.1) is 6.92 Å². The lowest BCUT2D eigenvalue weighted by molar-refractivity contribution is 0.970. The fourth-order valence-electron chi connectivity index (χ4n) is 2.09. The highest BCUT2D eigenvalue weighted by molar-refractivity contribution is 5.97. The van der Waals surface area contributed by atoms with E-state index >= 15 is 0 Å². The highest BCUT2D eigenvalue weighted by Gasteiger charge is 2.06. The second-order valence-corrected chi connectivity index (χ2v) is 5.16. The molecule has 23 heavy (non-hydrogen) atoms. The van der Waals surface area contributed by atoms with Gasteiger partial charge in [-0.3, -0.25) is 5.43 Å². The van der Waals surface area contributed by atoms with Crippen LogP contribution in [-0.2, 0) is 0 Å². The lowest BCUT2D eigenvalue weighted by atomic mass is 10.2. The van der Waals surface area contributed by atoms with Crippen molar-refractivity contribution in [3.05, 3.63) is 72.1 Å². The summed E-state index contributed by atoms with van der Waals surface area (Å²) in [7, 11) is 0. The fraction of sp³-hybridized carbons (Fsp3) is 0.111. The Morgan fingerprint density at radius 3 is 2.52 bits per heavy atom. The Kier molecular flexibility index (Phi) is 4.38. The molecule has 0 fully saturated rings. The normalized spacial score (nSPS) is 11.3. The van der Waals surface area contributed by atoms with Crippen molar-refractivity contribution in [2.24, 2.45) is 5.10 Å². The Morgan fingerprint density at radius 1 is 1.00 bits per heavy atom. The van der Waals surface area contributed by atoms with Gasteiger partial charge in [-0.05, 0) is 25.5 Å². The van der Waals surface area contributed by atoms with Crippen LogP contribution in [0.25, 0.3) is 11.4 Å². The third-order valence-corrected chi connectivity index (χ3v) is 3.45. The highest BCUT2D eigenvalue weighted by Crippen LogP contribution is 2.15. The first-order chi connectivity index (χ1) is 11.2. The Balaban J connectivity index is 1.84. The molecule has 1 N–H and O–H groups in total. The summed E-state index contributed by atoms with van der Waals surface area (Å²) in [6.45, 7) is 3.93. The van der Waals surface area contributed by atoms with Gasteiger partial charge < -0.3 is 0 Å². The van der Waals surface area contributed by atoms with Crippen molar-refractivity contribution in [1.82, 2.24) is 15.2 Å². The largest absolute Gasteiger partial charge is 0.278 e. The molecule has 0 aliphatic rings. The number of anilines is 1. The van der Waals surface area contributed by atoms with Gasteiger partial charge in [0.25, 0.3) is 0 Å². The molecule has 0 amide bonds. The van der Waals surface area contributed by atoms with Crippen LogP contribution in [0.4, 0.5) is 5.69 Å². The maximum absolute atomic E-state index is 4.53. The van der Waals surface area contributed by atoms with Crippen molar-refractivity contribution in [1.29, 1.82) is 0 Å². The molecule has 0 aliphatic carbocycles. The van der Waals surface area contributed by atoms with E-state index in [0.29, 0.717) is 11.5 Å². The minimum atomic E-state index is 0.591. The lowest BCUT2D eigenvalue weighted by Gasteiger charge is -2.06. The molecule has 1 aromatic heterocycles. The standard InChI is InChI=1S/C18H17N5/c1-13-8-6-7-11-16(13)22-21-14(2)17-12-19-23-18(20-17)15-9-4-3-5-10-15/h3-12,22H,1-2H3/b21-14+. The molecule has 0 saturated carbocycles. The molecule has 0 bridgehead atoms. The molecule has 1 heterocycles. The van der Waals surface area contributed by atoms with Gasteiger partial charge in [0, 0.05) is 5.56 Å². The zero-order chi connectivity index (χ0) is 16.1. The third kappa shape index (κ3) is 3.58. The van der Waals surface area contributed by atoms with Gasteiger partial charge in [-0.25, -0.2) is 4.98 Å². The monoisotopic (exact) mass is 303 g/mol. The first kappa shape index (κ1) is 14.8. The molecule has 114 valence electrons. The molecule has 0 atom stereocenters.